The molecule has 51 heavy (non-hydrogen) atoms. The number of likely N-dealkylation sites (N-methyl/N-ethyl adjacent to an activating group) is 1. The van der Waals surface area contributed by atoms with Crippen LogP contribution in [0.15, 0.2) is 48.9 Å². The van der Waals surface area contributed by atoms with Crippen molar-refractivity contribution in [2.45, 2.75) is 128 Å². The van der Waals surface area contributed by atoms with Crippen molar-refractivity contribution in [3.05, 3.63) is 60.2 Å². The largest absolute Gasteiger partial charge is 0.390 e. The zero-order valence-electron chi connectivity index (χ0n) is 31.3. The number of hydrogen-bond acceptors (Lipinski definition) is 7. The number of rotatable bonds is 19. The maximum Gasteiger partial charge on any atom is 0.241 e. The van der Waals surface area contributed by atoms with Crippen molar-refractivity contribution >= 4 is 17.7 Å². The van der Waals surface area contributed by atoms with E-state index in [-0.39, 0.29) is 36.6 Å². The molecule has 4 atom stereocenters. The average Bonchev–Trinajstić information content (AvgIpc) is 3.14. The Labute approximate surface area is 305 Å². The molecule has 0 saturated heterocycles. The summed E-state index contributed by atoms with van der Waals surface area (Å²) in [6, 6.07) is 8.87. The standard InChI is InChI=1S/C41H63N5O5/c1-30(2)23-37(47)40(50)36(25-31-13-6-4-7-14-31)46(29-32-15-8-5-9-16-32)41(51)34(24-33-17-12-20-42-27-33)26-38(48)44-28-39(49)45(3)22-19-35-18-10-11-21-43-35/h10-12,17-18,20-21,27,30-32,34,36-37,40,47,50H,4-9,13-16,19,22-26,28-29H2,1-3H3,(H,44,48)/t34-,36+,37+,40-/m1/s1. The van der Waals surface area contributed by atoms with Crippen LogP contribution in [0.4, 0.5) is 0 Å². The Hall–Kier alpha value is -3.37. The molecule has 3 N–H and O–H groups in total. The molecule has 282 valence electrons. The van der Waals surface area contributed by atoms with Crippen LogP contribution in [0.5, 0.6) is 0 Å². The summed E-state index contributed by atoms with van der Waals surface area (Å²) >= 11 is 0. The lowest BCUT2D eigenvalue weighted by Gasteiger charge is -2.43. The predicted octanol–water partition coefficient (Wildman–Crippen LogP) is 5.36. The molecule has 0 radical (unpaired) electrons. The Kier molecular flexibility index (Phi) is 16.8. The van der Waals surface area contributed by atoms with Gasteiger partial charge in [0.1, 0.15) is 6.10 Å². The first-order valence-corrected chi connectivity index (χ1v) is 19.6. The Morgan fingerprint density at radius 2 is 1.63 bits per heavy atom. The van der Waals surface area contributed by atoms with Crippen molar-refractivity contribution in [1.29, 1.82) is 0 Å². The maximum absolute atomic E-state index is 15.0. The van der Waals surface area contributed by atoms with E-state index in [2.05, 4.69) is 15.3 Å². The number of aromatic nitrogens is 2. The molecular formula is C41H63N5O5. The monoisotopic (exact) mass is 705 g/mol. The summed E-state index contributed by atoms with van der Waals surface area (Å²) in [6.45, 7) is 4.87. The molecule has 4 rings (SSSR count). The van der Waals surface area contributed by atoms with Crippen LogP contribution >= 0.6 is 0 Å². The second-order valence-corrected chi connectivity index (χ2v) is 15.6. The molecule has 2 aromatic rings. The van der Waals surface area contributed by atoms with Gasteiger partial charge in [-0.15, -0.1) is 0 Å². The van der Waals surface area contributed by atoms with Gasteiger partial charge in [-0.3, -0.25) is 24.4 Å². The van der Waals surface area contributed by atoms with Gasteiger partial charge < -0.3 is 25.3 Å². The van der Waals surface area contributed by atoms with Gasteiger partial charge in [0.05, 0.1) is 24.6 Å². The van der Waals surface area contributed by atoms with Crippen molar-refractivity contribution in [3.63, 3.8) is 0 Å². The van der Waals surface area contributed by atoms with Gasteiger partial charge in [0, 0.05) is 57.3 Å². The van der Waals surface area contributed by atoms with E-state index >= 15 is 4.79 Å². The van der Waals surface area contributed by atoms with Gasteiger partial charge in [0.2, 0.25) is 17.7 Å². The molecule has 0 spiro atoms. The second kappa shape index (κ2) is 21.2. The number of pyridine rings is 2. The van der Waals surface area contributed by atoms with Crippen LogP contribution in [0.25, 0.3) is 0 Å². The third kappa shape index (κ3) is 13.6. The van der Waals surface area contributed by atoms with Gasteiger partial charge in [-0.1, -0.05) is 77.3 Å². The third-order valence-corrected chi connectivity index (χ3v) is 10.9. The molecule has 2 aliphatic carbocycles. The van der Waals surface area contributed by atoms with E-state index in [1.165, 1.54) is 12.8 Å². The molecular weight excluding hydrogens is 642 g/mol. The highest BCUT2D eigenvalue weighted by atomic mass is 16.3. The predicted molar refractivity (Wildman–Crippen MR) is 199 cm³/mol. The van der Waals surface area contributed by atoms with Crippen LogP contribution in [-0.2, 0) is 27.2 Å². The third-order valence-electron chi connectivity index (χ3n) is 10.9. The minimum Gasteiger partial charge on any atom is -0.390 e. The Morgan fingerprint density at radius 1 is 0.922 bits per heavy atom. The highest BCUT2D eigenvalue weighted by Gasteiger charge is 2.40. The van der Waals surface area contributed by atoms with Crippen LogP contribution in [0.2, 0.25) is 0 Å². The number of aliphatic hydroxyl groups is 2. The summed E-state index contributed by atoms with van der Waals surface area (Å²) in [5.74, 6) is -0.627. The highest BCUT2D eigenvalue weighted by Crippen LogP contribution is 2.34. The number of nitrogens with zero attached hydrogens (tertiary/aromatic N) is 4. The molecule has 10 nitrogen and oxygen atoms in total. The zero-order chi connectivity index (χ0) is 36.6. The molecule has 2 fully saturated rings. The van der Waals surface area contributed by atoms with Crippen LogP contribution in [0.1, 0.15) is 109 Å². The van der Waals surface area contributed by atoms with Crippen LogP contribution in [0, 0.1) is 23.7 Å². The second-order valence-electron chi connectivity index (χ2n) is 15.6. The molecule has 0 bridgehead atoms. The molecule has 10 heteroatoms. The Balaban J connectivity index is 1.55. The smallest absolute Gasteiger partial charge is 0.241 e. The number of carbonyl (C=O) groups is 3. The Morgan fingerprint density at radius 3 is 2.25 bits per heavy atom. The van der Waals surface area contributed by atoms with Crippen molar-refractivity contribution in [2.24, 2.45) is 23.7 Å². The summed E-state index contributed by atoms with van der Waals surface area (Å²) < 4.78 is 0. The fourth-order valence-electron chi connectivity index (χ4n) is 7.97. The first kappa shape index (κ1) is 40.4. The van der Waals surface area contributed by atoms with Crippen molar-refractivity contribution < 1.29 is 24.6 Å². The van der Waals surface area contributed by atoms with E-state index in [0.29, 0.717) is 50.6 Å². The van der Waals surface area contributed by atoms with Gasteiger partial charge in [-0.25, -0.2) is 0 Å². The summed E-state index contributed by atoms with van der Waals surface area (Å²) in [5, 5.41) is 26.0. The van der Waals surface area contributed by atoms with Gasteiger partial charge in [-0.05, 0) is 73.6 Å². The van der Waals surface area contributed by atoms with E-state index in [0.717, 1.165) is 62.6 Å². The average molecular weight is 706 g/mol. The van der Waals surface area contributed by atoms with E-state index in [4.69, 9.17) is 0 Å². The van der Waals surface area contributed by atoms with E-state index in [1.54, 1.807) is 30.5 Å². The highest BCUT2D eigenvalue weighted by molar-refractivity contribution is 5.88. The molecule has 0 unspecified atom stereocenters. The van der Waals surface area contributed by atoms with Gasteiger partial charge in [-0.2, -0.15) is 0 Å². The lowest BCUT2D eigenvalue weighted by molar-refractivity contribution is -0.147. The van der Waals surface area contributed by atoms with E-state index < -0.39 is 24.2 Å². The summed E-state index contributed by atoms with van der Waals surface area (Å²) in [5.41, 5.74) is 1.73. The molecule has 2 heterocycles. The number of aliphatic hydroxyl groups excluding tert-OH is 2. The van der Waals surface area contributed by atoms with Crippen LogP contribution in [0.3, 0.4) is 0 Å². The van der Waals surface area contributed by atoms with Gasteiger partial charge in [0.25, 0.3) is 0 Å². The first-order valence-electron chi connectivity index (χ1n) is 19.6. The van der Waals surface area contributed by atoms with Gasteiger partial charge in [0.15, 0.2) is 0 Å². The first-order chi connectivity index (χ1) is 24.6. The molecule has 0 aliphatic heterocycles. The Bertz CT molecular complexity index is 1320. The van der Waals surface area contributed by atoms with E-state index in [9.17, 15) is 19.8 Å². The van der Waals surface area contributed by atoms with E-state index in [1.807, 2.05) is 49.1 Å². The fourth-order valence-corrected chi connectivity index (χ4v) is 7.97. The summed E-state index contributed by atoms with van der Waals surface area (Å²) in [7, 11) is 1.71. The zero-order valence-corrected chi connectivity index (χ0v) is 31.3. The maximum atomic E-state index is 15.0. The van der Waals surface area contributed by atoms with Crippen molar-refractivity contribution in [3.8, 4) is 0 Å². The number of amides is 3. The quantitative estimate of drug-likeness (QED) is 0.179. The summed E-state index contributed by atoms with van der Waals surface area (Å²) in [6.07, 6.45) is 16.0. The number of hydrogen-bond donors (Lipinski definition) is 3. The SMILES string of the molecule is CC(C)C[C@H](O)[C@H](O)[C@H](CC1CCCCC1)N(CC1CCCCC1)C(=O)[C@@H](CC(=O)NCC(=O)N(C)CCc1ccccn1)Cc1cccnc1. The van der Waals surface area contributed by atoms with Crippen molar-refractivity contribution in [2.75, 3.05) is 26.7 Å². The molecule has 2 aliphatic rings. The minimum absolute atomic E-state index is 0.0966. The topological polar surface area (TPSA) is 136 Å². The lowest BCUT2D eigenvalue weighted by atomic mass is 9.80. The number of carbonyl (C=O) groups excluding carboxylic acids is 3. The molecule has 0 aromatic carbocycles. The molecule has 2 aromatic heterocycles. The minimum atomic E-state index is -1.09. The van der Waals surface area contributed by atoms with Gasteiger partial charge >= 0.3 is 0 Å². The molecule has 2 saturated carbocycles. The molecule has 3 amide bonds. The normalized spacial score (nSPS) is 18.1. The fraction of sp³-hybridized carbons (Fsp3) is 0.683. The van der Waals surface area contributed by atoms with Crippen LogP contribution in [-0.4, -0.2) is 92.6 Å². The van der Waals surface area contributed by atoms with Crippen molar-refractivity contribution in [1.82, 2.24) is 25.1 Å². The summed E-state index contributed by atoms with van der Waals surface area (Å²) in [4.78, 5) is 53.6. The number of nitrogens with one attached hydrogen (secondary N) is 1. The lowest BCUT2D eigenvalue weighted by Crippen LogP contribution is -2.55. The van der Waals surface area contributed by atoms with Crippen LogP contribution < -0.4 is 5.32 Å².